The molecule has 1 fully saturated rings. The van der Waals surface area contributed by atoms with Crippen molar-refractivity contribution in [3.05, 3.63) is 59.7 Å². The average Bonchev–Trinajstić information content (AvgIpc) is 3.14. The van der Waals surface area contributed by atoms with E-state index in [4.69, 9.17) is 4.74 Å². The van der Waals surface area contributed by atoms with Crippen LogP contribution in [-0.4, -0.2) is 69.8 Å². The Bertz CT molecular complexity index is 1140. The first-order valence-corrected chi connectivity index (χ1v) is 12.9. The van der Waals surface area contributed by atoms with Crippen molar-refractivity contribution in [3.8, 4) is 0 Å². The number of carbonyl (C=O) groups excluding carboxylic acids is 2. The molecule has 0 bridgehead atoms. The third kappa shape index (κ3) is 4.83. The van der Waals surface area contributed by atoms with Gasteiger partial charge < -0.3 is 14.5 Å². The number of fused-ring (bicyclic) bond motifs is 1. The molecule has 0 saturated carbocycles. The summed E-state index contributed by atoms with van der Waals surface area (Å²) < 4.78 is 31.0. The number of nitrogens with zero attached hydrogens (tertiary/aromatic N) is 3. The fourth-order valence-electron chi connectivity index (χ4n) is 4.60. The minimum atomic E-state index is -3.40. The summed E-state index contributed by atoms with van der Waals surface area (Å²) in [7, 11) is -3.40. The van der Waals surface area contributed by atoms with Crippen LogP contribution in [0.5, 0.6) is 0 Å². The molecule has 0 aliphatic carbocycles. The number of sulfonamides is 1. The Labute approximate surface area is 194 Å². The maximum Gasteiger partial charge on any atom is 0.338 e. The van der Waals surface area contributed by atoms with Gasteiger partial charge in [0.1, 0.15) is 0 Å². The molecule has 1 saturated heterocycles. The van der Waals surface area contributed by atoms with Gasteiger partial charge in [-0.3, -0.25) is 9.10 Å². The molecule has 0 spiro atoms. The smallest absolute Gasteiger partial charge is 0.338 e. The number of hydrogen-bond acceptors (Lipinski definition) is 6. The number of piperazine rings is 1. The van der Waals surface area contributed by atoms with Gasteiger partial charge in [0, 0.05) is 37.9 Å². The maximum absolute atomic E-state index is 12.8. The van der Waals surface area contributed by atoms with Crippen molar-refractivity contribution in [1.29, 1.82) is 0 Å². The van der Waals surface area contributed by atoms with Gasteiger partial charge in [-0.2, -0.15) is 0 Å². The van der Waals surface area contributed by atoms with Crippen LogP contribution in [0.25, 0.3) is 0 Å². The van der Waals surface area contributed by atoms with Crippen molar-refractivity contribution in [2.75, 3.05) is 41.6 Å². The van der Waals surface area contributed by atoms with E-state index in [-0.39, 0.29) is 11.9 Å². The Kier molecular flexibility index (Phi) is 6.34. The summed E-state index contributed by atoms with van der Waals surface area (Å²) in [6.07, 6.45) is 0.790. The van der Waals surface area contributed by atoms with Crippen LogP contribution in [0.15, 0.2) is 48.5 Å². The second-order valence-electron chi connectivity index (χ2n) is 8.65. The molecule has 2 aromatic rings. The van der Waals surface area contributed by atoms with Gasteiger partial charge in [-0.25, -0.2) is 13.2 Å². The van der Waals surface area contributed by atoms with Crippen LogP contribution in [0.4, 0.5) is 11.4 Å². The molecule has 4 rings (SSSR count). The SMILES string of the molecule is CC(OC(=O)c1ccc2c(c1)CC(C)N2S(C)(=O)=O)C(=O)N1CCN(c2ccccc2)CC1. The average molecular weight is 472 g/mol. The van der Waals surface area contributed by atoms with Crippen LogP contribution in [0.3, 0.4) is 0 Å². The molecule has 2 heterocycles. The fourth-order valence-corrected chi connectivity index (χ4v) is 5.86. The Morgan fingerprint density at radius 2 is 1.70 bits per heavy atom. The van der Waals surface area contributed by atoms with Crippen molar-refractivity contribution in [2.45, 2.75) is 32.4 Å². The number of para-hydroxylation sites is 1. The third-order valence-electron chi connectivity index (χ3n) is 6.17. The van der Waals surface area contributed by atoms with Gasteiger partial charge >= 0.3 is 5.97 Å². The third-order valence-corrected chi connectivity index (χ3v) is 7.44. The first kappa shape index (κ1) is 23.1. The molecular formula is C24H29N3O5S. The van der Waals surface area contributed by atoms with Crippen molar-refractivity contribution in [2.24, 2.45) is 0 Å². The number of esters is 1. The van der Waals surface area contributed by atoms with Gasteiger partial charge in [0.15, 0.2) is 6.10 Å². The van der Waals surface area contributed by atoms with Crippen LogP contribution < -0.4 is 9.21 Å². The van der Waals surface area contributed by atoms with Crippen LogP contribution in [0.2, 0.25) is 0 Å². The van der Waals surface area contributed by atoms with Crippen LogP contribution in [-0.2, 0) is 26.0 Å². The van der Waals surface area contributed by atoms with E-state index in [9.17, 15) is 18.0 Å². The van der Waals surface area contributed by atoms with E-state index in [1.54, 1.807) is 30.0 Å². The molecule has 2 aliphatic rings. The van der Waals surface area contributed by atoms with Gasteiger partial charge in [-0.1, -0.05) is 18.2 Å². The quantitative estimate of drug-likeness (QED) is 0.622. The lowest BCUT2D eigenvalue weighted by Gasteiger charge is -2.37. The topological polar surface area (TPSA) is 87.2 Å². The highest BCUT2D eigenvalue weighted by Crippen LogP contribution is 2.34. The molecule has 176 valence electrons. The van der Waals surface area contributed by atoms with Crippen molar-refractivity contribution < 1.29 is 22.7 Å². The van der Waals surface area contributed by atoms with Crippen molar-refractivity contribution in [1.82, 2.24) is 4.90 Å². The number of ether oxygens (including phenoxy) is 1. The summed E-state index contributed by atoms with van der Waals surface area (Å²) in [6.45, 7) is 5.98. The second kappa shape index (κ2) is 9.05. The van der Waals surface area contributed by atoms with Crippen LogP contribution in [0.1, 0.15) is 29.8 Å². The molecule has 9 heteroatoms. The highest BCUT2D eigenvalue weighted by Gasteiger charge is 2.33. The number of rotatable bonds is 5. The lowest BCUT2D eigenvalue weighted by Crippen LogP contribution is -2.51. The Hall–Kier alpha value is -3.07. The predicted octanol–water partition coefficient (Wildman–Crippen LogP) is 2.29. The second-order valence-corrected chi connectivity index (χ2v) is 10.5. The fraction of sp³-hybridized carbons (Fsp3) is 0.417. The van der Waals surface area contributed by atoms with E-state index in [1.165, 1.54) is 10.6 Å². The maximum atomic E-state index is 12.8. The summed E-state index contributed by atoms with van der Waals surface area (Å²) in [5.74, 6) is -0.805. The lowest BCUT2D eigenvalue weighted by atomic mass is 10.1. The van der Waals surface area contributed by atoms with Gasteiger partial charge in [0.05, 0.1) is 17.5 Å². The van der Waals surface area contributed by atoms with E-state index in [2.05, 4.69) is 4.90 Å². The molecule has 2 atom stereocenters. The molecule has 33 heavy (non-hydrogen) atoms. The minimum Gasteiger partial charge on any atom is -0.449 e. The number of benzene rings is 2. The minimum absolute atomic E-state index is 0.212. The van der Waals surface area contributed by atoms with Gasteiger partial charge in [-0.15, -0.1) is 0 Å². The first-order chi connectivity index (χ1) is 15.6. The Morgan fingerprint density at radius 1 is 1.03 bits per heavy atom. The zero-order valence-electron chi connectivity index (χ0n) is 19.1. The number of carbonyl (C=O) groups is 2. The Morgan fingerprint density at radius 3 is 2.33 bits per heavy atom. The lowest BCUT2D eigenvalue weighted by molar-refractivity contribution is -0.140. The van der Waals surface area contributed by atoms with Gasteiger partial charge in [0.25, 0.3) is 5.91 Å². The summed E-state index contributed by atoms with van der Waals surface area (Å²) in [6, 6.07) is 14.7. The highest BCUT2D eigenvalue weighted by atomic mass is 32.2. The monoisotopic (exact) mass is 471 g/mol. The largest absolute Gasteiger partial charge is 0.449 e. The normalized spacial score (nSPS) is 19.2. The van der Waals surface area contributed by atoms with Crippen molar-refractivity contribution in [3.63, 3.8) is 0 Å². The van der Waals surface area contributed by atoms with Crippen molar-refractivity contribution >= 4 is 33.3 Å². The molecule has 2 aromatic carbocycles. The van der Waals surface area contributed by atoms with E-state index < -0.39 is 22.1 Å². The van der Waals surface area contributed by atoms with Crippen LogP contribution >= 0.6 is 0 Å². The molecule has 0 N–H and O–H groups in total. The number of amides is 1. The van der Waals surface area contributed by atoms with Gasteiger partial charge in [0.2, 0.25) is 10.0 Å². The summed E-state index contributed by atoms with van der Waals surface area (Å²) >= 11 is 0. The first-order valence-electron chi connectivity index (χ1n) is 11.1. The number of hydrogen-bond donors (Lipinski definition) is 0. The molecule has 2 unspecified atom stereocenters. The standard InChI is InChI=1S/C24H29N3O5S/c1-17-15-20-16-19(9-10-22(20)27(17)33(3,30)31)24(29)32-18(2)23(28)26-13-11-25(12-14-26)21-7-5-4-6-8-21/h4-10,16-18H,11-15H2,1-3H3. The highest BCUT2D eigenvalue weighted by molar-refractivity contribution is 7.92. The van der Waals surface area contributed by atoms with E-state index in [0.29, 0.717) is 30.8 Å². The summed E-state index contributed by atoms with van der Waals surface area (Å²) in [5, 5.41) is 0. The summed E-state index contributed by atoms with van der Waals surface area (Å²) in [4.78, 5) is 29.5. The van der Waals surface area contributed by atoms with Gasteiger partial charge in [-0.05, 0) is 56.2 Å². The Balaban J connectivity index is 1.36. The van der Waals surface area contributed by atoms with E-state index in [0.717, 1.165) is 24.3 Å². The molecular weight excluding hydrogens is 442 g/mol. The van der Waals surface area contributed by atoms with Crippen LogP contribution in [0, 0.1) is 0 Å². The molecule has 8 nitrogen and oxygen atoms in total. The molecule has 0 radical (unpaired) electrons. The molecule has 0 aromatic heterocycles. The zero-order chi connectivity index (χ0) is 23.8. The molecule has 2 aliphatic heterocycles. The molecule has 1 amide bonds. The summed E-state index contributed by atoms with van der Waals surface area (Å²) in [5.41, 5.74) is 2.80. The number of anilines is 2. The van der Waals surface area contributed by atoms with E-state index in [1.807, 2.05) is 37.3 Å². The van der Waals surface area contributed by atoms with E-state index >= 15 is 0 Å². The predicted molar refractivity (Wildman–Crippen MR) is 127 cm³/mol. The zero-order valence-corrected chi connectivity index (χ0v) is 19.9.